The summed E-state index contributed by atoms with van der Waals surface area (Å²) >= 11 is 1.75. The van der Waals surface area contributed by atoms with Gasteiger partial charge in [-0.15, -0.1) is 0 Å². The second kappa shape index (κ2) is 7.31. The molecule has 1 rings (SSSR count). The maximum absolute atomic E-state index is 12.4. The summed E-state index contributed by atoms with van der Waals surface area (Å²) in [6.45, 7) is 5.64. The zero-order chi connectivity index (χ0) is 13.5. The summed E-state index contributed by atoms with van der Waals surface area (Å²) in [6.07, 6.45) is 2.05. The van der Waals surface area contributed by atoms with Crippen LogP contribution in [-0.2, 0) is 0 Å². The van der Waals surface area contributed by atoms with Gasteiger partial charge in [-0.05, 0) is 32.2 Å². The van der Waals surface area contributed by atoms with Crippen LogP contribution in [0, 0.1) is 6.92 Å². The first-order valence-corrected chi connectivity index (χ1v) is 7.58. The van der Waals surface area contributed by atoms with Crippen LogP contribution >= 0.6 is 11.8 Å². The molecule has 4 heteroatoms. The van der Waals surface area contributed by atoms with Gasteiger partial charge in [0.2, 0.25) is 0 Å². The normalized spacial score (nSPS) is 10.2. The summed E-state index contributed by atoms with van der Waals surface area (Å²) in [5, 5.41) is 3.24. The Kier molecular flexibility index (Phi) is 6.05. The number of nitrogens with zero attached hydrogens (tertiary/aromatic N) is 1. The summed E-state index contributed by atoms with van der Waals surface area (Å²) in [5.74, 6) is 1.05. The molecule has 1 aromatic rings. The van der Waals surface area contributed by atoms with Crippen molar-refractivity contribution in [2.75, 3.05) is 37.5 Å². The quantitative estimate of drug-likeness (QED) is 0.859. The average Bonchev–Trinajstić information content (AvgIpc) is 2.37. The Morgan fingerprint density at radius 2 is 2.17 bits per heavy atom. The molecule has 18 heavy (non-hydrogen) atoms. The van der Waals surface area contributed by atoms with Crippen molar-refractivity contribution in [1.29, 1.82) is 0 Å². The lowest BCUT2D eigenvalue weighted by Crippen LogP contribution is -2.29. The summed E-state index contributed by atoms with van der Waals surface area (Å²) in [4.78, 5) is 14.2. The number of hydrogen-bond donors (Lipinski definition) is 1. The zero-order valence-corrected chi connectivity index (χ0v) is 12.4. The van der Waals surface area contributed by atoms with Gasteiger partial charge in [0.15, 0.2) is 0 Å². The smallest absolute Gasteiger partial charge is 0.255 e. The summed E-state index contributed by atoms with van der Waals surface area (Å²) in [7, 11) is 1.86. The van der Waals surface area contributed by atoms with Crippen LogP contribution in [0.15, 0.2) is 18.2 Å². The highest BCUT2D eigenvalue weighted by Gasteiger charge is 2.15. The lowest BCUT2D eigenvalue weighted by Gasteiger charge is -2.19. The standard InChI is InChI=1S/C14H22N2OS/c1-5-15-13-7-6-11(2)10-12(13)14(17)16(3)8-9-18-4/h6-7,10,15H,5,8-9H2,1-4H3. The van der Waals surface area contributed by atoms with Crippen LogP contribution in [0.1, 0.15) is 22.8 Å². The van der Waals surface area contributed by atoms with Crippen LogP contribution in [0.4, 0.5) is 5.69 Å². The number of nitrogens with one attached hydrogen (secondary N) is 1. The molecule has 0 bridgehead atoms. The molecule has 0 atom stereocenters. The van der Waals surface area contributed by atoms with E-state index >= 15 is 0 Å². The molecule has 0 aliphatic rings. The predicted molar refractivity (Wildman–Crippen MR) is 80.7 cm³/mol. The van der Waals surface area contributed by atoms with Gasteiger partial charge in [-0.3, -0.25) is 4.79 Å². The van der Waals surface area contributed by atoms with Crippen molar-refractivity contribution in [3.05, 3.63) is 29.3 Å². The SMILES string of the molecule is CCNc1ccc(C)cc1C(=O)N(C)CCSC. The second-order valence-corrected chi connectivity index (χ2v) is 5.28. The molecule has 0 radical (unpaired) electrons. The molecule has 100 valence electrons. The molecule has 3 nitrogen and oxygen atoms in total. The highest BCUT2D eigenvalue weighted by atomic mass is 32.2. The topological polar surface area (TPSA) is 32.3 Å². The van der Waals surface area contributed by atoms with Crippen molar-refractivity contribution in [3.8, 4) is 0 Å². The fourth-order valence-electron chi connectivity index (χ4n) is 1.72. The van der Waals surface area contributed by atoms with Gasteiger partial charge >= 0.3 is 0 Å². The van der Waals surface area contributed by atoms with Crippen molar-refractivity contribution in [2.45, 2.75) is 13.8 Å². The van der Waals surface area contributed by atoms with E-state index in [2.05, 4.69) is 11.6 Å². The van der Waals surface area contributed by atoms with Gasteiger partial charge in [-0.25, -0.2) is 0 Å². The maximum atomic E-state index is 12.4. The van der Waals surface area contributed by atoms with E-state index in [9.17, 15) is 4.79 Å². The van der Waals surface area contributed by atoms with Crippen LogP contribution in [0.25, 0.3) is 0 Å². The molecular weight excluding hydrogens is 244 g/mol. The Balaban J connectivity index is 2.91. The molecule has 0 aliphatic carbocycles. The highest BCUT2D eigenvalue weighted by molar-refractivity contribution is 7.98. The van der Waals surface area contributed by atoms with Crippen LogP contribution in [0.5, 0.6) is 0 Å². The molecule has 0 heterocycles. The van der Waals surface area contributed by atoms with Crippen molar-refractivity contribution >= 4 is 23.4 Å². The van der Waals surface area contributed by atoms with E-state index in [0.717, 1.165) is 35.7 Å². The summed E-state index contributed by atoms with van der Waals surface area (Å²) < 4.78 is 0. The molecule has 1 amide bonds. The van der Waals surface area contributed by atoms with E-state index < -0.39 is 0 Å². The fraction of sp³-hybridized carbons (Fsp3) is 0.500. The largest absolute Gasteiger partial charge is 0.385 e. The third-order valence-corrected chi connectivity index (χ3v) is 3.34. The Labute approximate surface area is 114 Å². The van der Waals surface area contributed by atoms with Gasteiger partial charge in [0.25, 0.3) is 5.91 Å². The van der Waals surface area contributed by atoms with Gasteiger partial charge in [0, 0.05) is 31.6 Å². The number of anilines is 1. The number of carbonyl (C=O) groups excluding carboxylic acids is 1. The molecule has 0 aliphatic heterocycles. The molecule has 0 saturated heterocycles. The number of hydrogen-bond acceptors (Lipinski definition) is 3. The lowest BCUT2D eigenvalue weighted by molar-refractivity contribution is 0.0804. The van der Waals surface area contributed by atoms with Crippen molar-refractivity contribution in [3.63, 3.8) is 0 Å². The molecule has 1 aromatic carbocycles. The van der Waals surface area contributed by atoms with Crippen LogP contribution in [0.3, 0.4) is 0 Å². The van der Waals surface area contributed by atoms with E-state index in [0.29, 0.717) is 0 Å². The third-order valence-electron chi connectivity index (χ3n) is 2.75. The molecule has 0 spiro atoms. The molecule has 0 fully saturated rings. The Morgan fingerprint density at radius 3 is 2.78 bits per heavy atom. The minimum Gasteiger partial charge on any atom is -0.385 e. The number of amides is 1. The van der Waals surface area contributed by atoms with Crippen molar-refractivity contribution in [2.24, 2.45) is 0 Å². The van der Waals surface area contributed by atoms with E-state index in [-0.39, 0.29) is 5.91 Å². The van der Waals surface area contributed by atoms with Crippen LogP contribution < -0.4 is 5.32 Å². The van der Waals surface area contributed by atoms with E-state index in [1.807, 2.05) is 39.1 Å². The average molecular weight is 266 g/mol. The Hall–Kier alpha value is -1.16. The van der Waals surface area contributed by atoms with Crippen LogP contribution in [0.2, 0.25) is 0 Å². The summed E-state index contributed by atoms with van der Waals surface area (Å²) in [6, 6.07) is 5.96. The van der Waals surface area contributed by atoms with E-state index in [1.54, 1.807) is 16.7 Å². The molecule has 0 aromatic heterocycles. The molecule has 1 N–H and O–H groups in total. The first-order valence-electron chi connectivity index (χ1n) is 6.19. The van der Waals surface area contributed by atoms with E-state index in [4.69, 9.17) is 0 Å². The maximum Gasteiger partial charge on any atom is 0.255 e. The number of aryl methyl sites for hydroxylation is 1. The minimum absolute atomic E-state index is 0.0868. The first-order chi connectivity index (χ1) is 8.60. The van der Waals surface area contributed by atoms with Gasteiger partial charge in [0.1, 0.15) is 0 Å². The second-order valence-electron chi connectivity index (χ2n) is 4.30. The van der Waals surface area contributed by atoms with Crippen molar-refractivity contribution in [1.82, 2.24) is 4.90 Å². The number of rotatable bonds is 6. The number of thioether (sulfide) groups is 1. The van der Waals surface area contributed by atoms with Crippen molar-refractivity contribution < 1.29 is 4.79 Å². The third kappa shape index (κ3) is 3.95. The van der Waals surface area contributed by atoms with Gasteiger partial charge < -0.3 is 10.2 Å². The molecule has 0 unspecified atom stereocenters. The Morgan fingerprint density at radius 1 is 1.44 bits per heavy atom. The predicted octanol–water partition coefficient (Wildman–Crippen LogP) is 2.86. The van der Waals surface area contributed by atoms with Gasteiger partial charge in [0.05, 0.1) is 5.56 Å². The van der Waals surface area contributed by atoms with Gasteiger partial charge in [-0.1, -0.05) is 11.6 Å². The number of benzene rings is 1. The zero-order valence-electron chi connectivity index (χ0n) is 11.6. The Bertz CT molecular complexity index is 407. The fourth-order valence-corrected chi connectivity index (χ4v) is 2.17. The minimum atomic E-state index is 0.0868. The van der Waals surface area contributed by atoms with Gasteiger partial charge in [-0.2, -0.15) is 11.8 Å². The lowest BCUT2D eigenvalue weighted by atomic mass is 10.1. The van der Waals surface area contributed by atoms with E-state index in [1.165, 1.54) is 0 Å². The number of carbonyl (C=O) groups is 1. The molecule has 0 saturated carbocycles. The first kappa shape index (κ1) is 14.9. The molecular formula is C14H22N2OS. The monoisotopic (exact) mass is 266 g/mol. The highest BCUT2D eigenvalue weighted by Crippen LogP contribution is 2.19. The summed E-state index contributed by atoms with van der Waals surface area (Å²) in [5.41, 5.74) is 2.79. The van der Waals surface area contributed by atoms with Crippen LogP contribution in [-0.4, -0.2) is 43.0 Å².